The molecule has 2 aromatic heterocycles. The molecular weight excluding hydrogens is 288 g/mol. The third-order valence-corrected chi connectivity index (χ3v) is 4.19. The largest absolute Gasteiger partial charge is 0.379 e. The second-order valence-electron chi connectivity index (χ2n) is 5.01. The standard InChI is InChI=1S/C14H16N4O2S/c15-14-18-12(8-21-14)13(19)17-11-7-20-6-10(11)5-9-1-3-16-4-2-9/h1-4,8,10-11H,5-7H2,(H2,15,18)(H,17,19)/t10-,11-/m1/s1. The number of nitrogen functional groups attached to an aromatic ring is 1. The monoisotopic (exact) mass is 304 g/mol. The fourth-order valence-electron chi connectivity index (χ4n) is 2.42. The quantitative estimate of drug-likeness (QED) is 0.883. The molecule has 3 rings (SSSR count). The molecule has 0 radical (unpaired) electrons. The summed E-state index contributed by atoms with van der Waals surface area (Å²) in [6.45, 7) is 1.17. The van der Waals surface area contributed by atoms with Gasteiger partial charge in [0.05, 0.1) is 19.3 Å². The van der Waals surface area contributed by atoms with Crippen LogP contribution in [0.15, 0.2) is 29.9 Å². The summed E-state index contributed by atoms with van der Waals surface area (Å²) >= 11 is 1.26. The third kappa shape index (κ3) is 3.37. The van der Waals surface area contributed by atoms with E-state index >= 15 is 0 Å². The maximum Gasteiger partial charge on any atom is 0.271 e. The third-order valence-electron chi connectivity index (χ3n) is 3.52. The maximum atomic E-state index is 12.1. The Hall–Kier alpha value is -1.99. The van der Waals surface area contributed by atoms with Gasteiger partial charge in [0.25, 0.3) is 5.91 Å². The minimum Gasteiger partial charge on any atom is -0.379 e. The summed E-state index contributed by atoms with van der Waals surface area (Å²) in [6, 6.07) is 3.96. The molecule has 0 saturated carbocycles. The van der Waals surface area contributed by atoms with Gasteiger partial charge in [-0.25, -0.2) is 4.98 Å². The molecule has 1 aliphatic heterocycles. The number of hydrogen-bond donors (Lipinski definition) is 2. The molecule has 0 aliphatic carbocycles. The minimum absolute atomic E-state index is 0.00594. The first-order chi connectivity index (χ1) is 10.2. The summed E-state index contributed by atoms with van der Waals surface area (Å²) in [5, 5.41) is 5.05. The van der Waals surface area contributed by atoms with Crippen LogP contribution in [0.5, 0.6) is 0 Å². The zero-order valence-electron chi connectivity index (χ0n) is 11.4. The van der Waals surface area contributed by atoms with Crippen LogP contribution in [-0.2, 0) is 11.2 Å². The smallest absolute Gasteiger partial charge is 0.271 e. The van der Waals surface area contributed by atoms with Gasteiger partial charge in [0, 0.05) is 23.7 Å². The summed E-state index contributed by atoms with van der Waals surface area (Å²) in [5.74, 6) is 0.0607. The number of hydrogen-bond acceptors (Lipinski definition) is 6. The summed E-state index contributed by atoms with van der Waals surface area (Å²) in [5.41, 5.74) is 7.11. The molecule has 2 atom stereocenters. The van der Waals surface area contributed by atoms with E-state index in [4.69, 9.17) is 10.5 Å². The minimum atomic E-state index is -0.196. The summed E-state index contributed by atoms with van der Waals surface area (Å²) in [4.78, 5) is 20.1. The van der Waals surface area contributed by atoms with Crippen molar-refractivity contribution in [2.24, 2.45) is 5.92 Å². The van der Waals surface area contributed by atoms with Gasteiger partial charge in [0.15, 0.2) is 5.13 Å². The Morgan fingerprint density at radius 1 is 1.43 bits per heavy atom. The van der Waals surface area contributed by atoms with Gasteiger partial charge in [0.1, 0.15) is 5.69 Å². The lowest BCUT2D eigenvalue weighted by Crippen LogP contribution is -2.40. The number of nitrogens with zero attached hydrogens (tertiary/aromatic N) is 2. The fraction of sp³-hybridized carbons (Fsp3) is 0.357. The van der Waals surface area contributed by atoms with Gasteiger partial charge in [-0.3, -0.25) is 9.78 Å². The zero-order chi connectivity index (χ0) is 14.7. The number of carbonyl (C=O) groups is 1. The Morgan fingerprint density at radius 3 is 2.95 bits per heavy atom. The molecule has 0 unspecified atom stereocenters. The average Bonchev–Trinajstić information content (AvgIpc) is 3.10. The predicted molar refractivity (Wildman–Crippen MR) is 80.0 cm³/mol. The number of carbonyl (C=O) groups excluding carboxylic acids is 1. The molecule has 21 heavy (non-hydrogen) atoms. The lowest BCUT2D eigenvalue weighted by Gasteiger charge is -2.18. The molecular formula is C14H16N4O2S. The molecule has 7 heteroatoms. The first-order valence-corrected chi connectivity index (χ1v) is 7.59. The van der Waals surface area contributed by atoms with Crippen molar-refractivity contribution in [3.05, 3.63) is 41.2 Å². The molecule has 0 aromatic carbocycles. The van der Waals surface area contributed by atoms with Gasteiger partial charge >= 0.3 is 0 Å². The van der Waals surface area contributed by atoms with E-state index in [1.807, 2.05) is 12.1 Å². The number of amides is 1. The van der Waals surface area contributed by atoms with Gasteiger partial charge < -0.3 is 15.8 Å². The van der Waals surface area contributed by atoms with Gasteiger partial charge in [-0.1, -0.05) is 0 Å². The number of rotatable bonds is 4. The maximum absolute atomic E-state index is 12.1. The van der Waals surface area contributed by atoms with E-state index in [2.05, 4.69) is 15.3 Å². The van der Waals surface area contributed by atoms with E-state index < -0.39 is 0 Å². The van der Waals surface area contributed by atoms with E-state index in [9.17, 15) is 4.79 Å². The second kappa shape index (κ2) is 6.19. The van der Waals surface area contributed by atoms with Crippen molar-refractivity contribution in [3.8, 4) is 0 Å². The Labute approximate surface area is 126 Å². The van der Waals surface area contributed by atoms with Crippen molar-refractivity contribution in [2.75, 3.05) is 18.9 Å². The van der Waals surface area contributed by atoms with Crippen LogP contribution in [0.25, 0.3) is 0 Å². The van der Waals surface area contributed by atoms with Crippen LogP contribution in [-0.4, -0.2) is 35.1 Å². The highest BCUT2D eigenvalue weighted by Crippen LogP contribution is 2.20. The van der Waals surface area contributed by atoms with Crippen LogP contribution < -0.4 is 11.1 Å². The molecule has 3 N–H and O–H groups in total. The van der Waals surface area contributed by atoms with E-state index in [0.717, 1.165) is 6.42 Å². The molecule has 1 saturated heterocycles. The van der Waals surface area contributed by atoms with Crippen molar-refractivity contribution >= 4 is 22.4 Å². The molecule has 3 heterocycles. The first kappa shape index (κ1) is 14.0. The summed E-state index contributed by atoms with van der Waals surface area (Å²) in [6.07, 6.45) is 4.40. The number of thiazole rings is 1. The average molecular weight is 304 g/mol. The Bertz CT molecular complexity index is 616. The fourth-order valence-corrected chi connectivity index (χ4v) is 2.96. The molecule has 6 nitrogen and oxygen atoms in total. The second-order valence-corrected chi connectivity index (χ2v) is 5.90. The van der Waals surface area contributed by atoms with Gasteiger partial charge in [-0.2, -0.15) is 0 Å². The number of aromatic nitrogens is 2. The molecule has 1 fully saturated rings. The van der Waals surface area contributed by atoms with Crippen LogP contribution >= 0.6 is 11.3 Å². The van der Waals surface area contributed by atoms with Crippen molar-refractivity contribution in [2.45, 2.75) is 12.5 Å². The molecule has 0 bridgehead atoms. The molecule has 0 spiro atoms. The van der Waals surface area contributed by atoms with Gasteiger partial charge in [-0.15, -0.1) is 11.3 Å². The number of pyridine rings is 1. The van der Waals surface area contributed by atoms with E-state index in [1.54, 1.807) is 17.8 Å². The highest BCUT2D eigenvalue weighted by Gasteiger charge is 2.30. The van der Waals surface area contributed by atoms with Crippen molar-refractivity contribution in [3.63, 3.8) is 0 Å². The highest BCUT2D eigenvalue weighted by molar-refractivity contribution is 7.13. The lowest BCUT2D eigenvalue weighted by molar-refractivity contribution is 0.0921. The number of anilines is 1. The molecule has 2 aromatic rings. The number of nitrogens with one attached hydrogen (secondary N) is 1. The predicted octanol–water partition coefficient (Wildman–Crippen LogP) is 1.11. The van der Waals surface area contributed by atoms with Crippen LogP contribution in [0.1, 0.15) is 16.1 Å². The van der Waals surface area contributed by atoms with Crippen molar-refractivity contribution in [1.82, 2.24) is 15.3 Å². The van der Waals surface area contributed by atoms with Crippen LogP contribution in [0.2, 0.25) is 0 Å². The van der Waals surface area contributed by atoms with Gasteiger partial charge in [-0.05, 0) is 24.1 Å². The van der Waals surface area contributed by atoms with Crippen molar-refractivity contribution < 1.29 is 9.53 Å². The number of ether oxygens (including phenoxy) is 1. The first-order valence-electron chi connectivity index (χ1n) is 6.71. The topological polar surface area (TPSA) is 90.1 Å². The molecule has 1 amide bonds. The van der Waals surface area contributed by atoms with Gasteiger partial charge in [0.2, 0.25) is 0 Å². The SMILES string of the molecule is Nc1nc(C(=O)N[C@@H]2COC[C@H]2Cc2ccncc2)cs1. The van der Waals surface area contributed by atoms with E-state index in [1.165, 1.54) is 16.9 Å². The zero-order valence-corrected chi connectivity index (χ0v) is 12.2. The van der Waals surface area contributed by atoms with Crippen molar-refractivity contribution in [1.29, 1.82) is 0 Å². The number of nitrogens with two attached hydrogens (primary N) is 1. The normalized spacial score (nSPS) is 21.3. The Balaban J connectivity index is 1.63. The Kier molecular flexibility index (Phi) is 4.12. The van der Waals surface area contributed by atoms with E-state index in [-0.39, 0.29) is 17.9 Å². The van der Waals surface area contributed by atoms with E-state index in [0.29, 0.717) is 24.0 Å². The molecule has 1 aliphatic rings. The Morgan fingerprint density at radius 2 is 2.24 bits per heavy atom. The summed E-state index contributed by atoms with van der Waals surface area (Å²) in [7, 11) is 0. The van der Waals surface area contributed by atoms with Crippen LogP contribution in [0, 0.1) is 5.92 Å². The molecule has 110 valence electrons. The highest BCUT2D eigenvalue weighted by atomic mass is 32.1. The van der Waals surface area contributed by atoms with Crippen LogP contribution in [0.3, 0.4) is 0 Å². The van der Waals surface area contributed by atoms with Crippen LogP contribution in [0.4, 0.5) is 5.13 Å². The lowest BCUT2D eigenvalue weighted by atomic mass is 9.95. The summed E-state index contributed by atoms with van der Waals surface area (Å²) < 4.78 is 5.51.